The molecule has 4 rings (SSSR count). The Morgan fingerprint density at radius 1 is 1.41 bits per heavy atom. The zero-order chi connectivity index (χ0) is 24.1. The normalized spacial score (nSPS) is 27.5. The average molecular weight is 471 g/mol. The minimum absolute atomic E-state index is 0.0588. The van der Waals surface area contributed by atoms with Gasteiger partial charge in [-0.2, -0.15) is 0 Å². The molecule has 2 atom stereocenters. The highest BCUT2D eigenvalue weighted by Crippen LogP contribution is 2.51. The van der Waals surface area contributed by atoms with E-state index in [-0.39, 0.29) is 17.9 Å². The zero-order valence-corrected chi connectivity index (χ0v) is 20.3. The van der Waals surface area contributed by atoms with Crippen LogP contribution in [0.5, 0.6) is 0 Å². The fraction of sp³-hybridized carbons (Fsp3) is 0.615. The van der Waals surface area contributed by atoms with Crippen molar-refractivity contribution in [2.75, 3.05) is 33.4 Å². The van der Waals surface area contributed by atoms with Crippen LogP contribution in [0.2, 0.25) is 0 Å². The van der Waals surface area contributed by atoms with E-state index in [0.717, 1.165) is 74.1 Å². The molecule has 0 bridgehead atoms. The fourth-order valence-corrected chi connectivity index (χ4v) is 4.99. The maximum Gasteiger partial charge on any atom is 0.254 e. The molecule has 1 heterocycles. The van der Waals surface area contributed by atoms with Gasteiger partial charge < -0.3 is 30.7 Å². The number of ether oxygens (including phenoxy) is 2. The zero-order valence-electron chi connectivity index (χ0n) is 20.3. The molecule has 2 saturated carbocycles. The van der Waals surface area contributed by atoms with Gasteiger partial charge in [0.15, 0.2) is 0 Å². The number of nitrogens with zero attached hydrogens (tertiary/aromatic N) is 1. The van der Waals surface area contributed by atoms with E-state index in [2.05, 4.69) is 35.8 Å². The molecule has 0 spiro atoms. The Kier molecular flexibility index (Phi) is 7.78. The second kappa shape index (κ2) is 10.8. The maximum atomic E-state index is 13.5. The highest BCUT2D eigenvalue weighted by Gasteiger charge is 2.57. The van der Waals surface area contributed by atoms with Crippen molar-refractivity contribution < 1.29 is 19.1 Å². The lowest BCUT2D eigenvalue weighted by Gasteiger charge is -2.36. The number of morpholine rings is 1. The predicted molar refractivity (Wildman–Crippen MR) is 130 cm³/mol. The second-order valence-corrected chi connectivity index (χ2v) is 9.69. The summed E-state index contributed by atoms with van der Waals surface area (Å²) in [6.07, 6.45) is 13.9. The maximum absolute atomic E-state index is 13.5. The molecule has 8 heteroatoms. The van der Waals surface area contributed by atoms with E-state index in [4.69, 9.17) is 15.2 Å². The van der Waals surface area contributed by atoms with E-state index in [1.165, 1.54) is 0 Å². The molecular weight excluding hydrogens is 432 g/mol. The standard InChI is InChI=1S/C26H38N4O4/c1-18-5-8-21(33-2)15-22(18)19(4-3-11-29-17-31)14-24(27)26(9-10-26)30(20-6-7-20)25(32)23-16-28-12-13-34-23/h5,8,14-15,17-18,20,23,28H,3-4,6-7,9-13,16,27H2,1-2H3,(H,29,31)/b22-19-,24-14-/t18?,23-/m1/s1. The Morgan fingerprint density at radius 3 is 2.82 bits per heavy atom. The Morgan fingerprint density at radius 2 is 2.21 bits per heavy atom. The molecule has 186 valence electrons. The molecule has 4 aliphatic rings. The van der Waals surface area contributed by atoms with Crippen LogP contribution in [0.4, 0.5) is 0 Å². The molecule has 0 radical (unpaired) electrons. The Balaban J connectivity index is 1.63. The number of carbonyl (C=O) groups is 2. The van der Waals surface area contributed by atoms with Gasteiger partial charge in [0.05, 0.1) is 19.3 Å². The van der Waals surface area contributed by atoms with Gasteiger partial charge in [-0.3, -0.25) is 9.59 Å². The second-order valence-electron chi connectivity index (χ2n) is 9.69. The van der Waals surface area contributed by atoms with Crippen molar-refractivity contribution in [2.45, 2.75) is 63.1 Å². The minimum atomic E-state index is -0.442. The predicted octanol–water partition coefficient (Wildman–Crippen LogP) is 1.90. The van der Waals surface area contributed by atoms with Gasteiger partial charge in [-0.05, 0) is 73.8 Å². The van der Waals surface area contributed by atoms with Crippen molar-refractivity contribution in [1.29, 1.82) is 0 Å². The number of hydrogen-bond acceptors (Lipinski definition) is 6. The van der Waals surface area contributed by atoms with Crippen molar-refractivity contribution in [3.8, 4) is 0 Å². The van der Waals surface area contributed by atoms with Crippen LogP contribution in [0.1, 0.15) is 45.4 Å². The summed E-state index contributed by atoms with van der Waals surface area (Å²) in [7, 11) is 1.67. The molecule has 0 aromatic carbocycles. The minimum Gasteiger partial charge on any atom is -0.497 e. The molecule has 8 nitrogen and oxygen atoms in total. The lowest BCUT2D eigenvalue weighted by molar-refractivity contribution is -0.148. The van der Waals surface area contributed by atoms with Crippen molar-refractivity contribution in [1.82, 2.24) is 15.5 Å². The number of allylic oxidation sites excluding steroid dienone is 6. The van der Waals surface area contributed by atoms with Crippen molar-refractivity contribution in [3.05, 3.63) is 46.9 Å². The average Bonchev–Trinajstić information content (AvgIpc) is 3.79. The van der Waals surface area contributed by atoms with Crippen LogP contribution in [0.15, 0.2) is 46.9 Å². The van der Waals surface area contributed by atoms with E-state index >= 15 is 0 Å². The van der Waals surface area contributed by atoms with Crippen LogP contribution in [0.25, 0.3) is 0 Å². The fourth-order valence-electron chi connectivity index (χ4n) is 4.99. The van der Waals surface area contributed by atoms with Crippen LogP contribution in [-0.4, -0.2) is 68.3 Å². The number of nitrogens with two attached hydrogens (primary N) is 1. The first-order valence-corrected chi connectivity index (χ1v) is 12.5. The molecule has 0 aromatic heterocycles. The lowest BCUT2D eigenvalue weighted by Crippen LogP contribution is -2.55. The summed E-state index contributed by atoms with van der Waals surface area (Å²) in [5.41, 5.74) is 9.44. The van der Waals surface area contributed by atoms with Crippen molar-refractivity contribution >= 4 is 12.3 Å². The van der Waals surface area contributed by atoms with E-state index in [0.29, 0.717) is 19.7 Å². The van der Waals surface area contributed by atoms with Crippen LogP contribution >= 0.6 is 0 Å². The molecule has 1 saturated heterocycles. The monoisotopic (exact) mass is 470 g/mol. The van der Waals surface area contributed by atoms with Gasteiger partial charge in [-0.1, -0.05) is 13.0 Å². The number of methoxy groups -OCH3 is 1. The number of carbonyl (C=O) groups excluding carboxylic acids is 2. The smallest absolute Gasteiger partial charge is 0.254 e. The summed E-state index contributed by atoms with van der Waals surface area (Å²) in [4.78, 5) is 26.3. The largest absolute Gasteiger partial charge is 0.497 e. The summed E-state index contributed by atoms with van der Waals surface area (Å²) in [6, 6.07) is 0.247. The number of amides is 2. The van der Waals surface area contributed by atoms with E-state index in [1.807, 2.05) is 11.0 Å². The van der Waals surface area contributed by atoms with Gasteiger partial charge in [-0.15, -0.1) is 0 Å². The highest BCUT2D eigenvalue weighted by molar-refractivity contribution is 5.84. The molecule has 1 unspecified atom stereocenters. The third kappa shape index (κ3) is 5.39. The summed E-state index contributed by atoms with van der Waals surface area (Å²) >= 11 is 0. The molecule has 1 aliphatic heterocycles. The summed E-state index contributed by atoms with van der Waals surface area (Å²) < 4.78 is 11.3. The van der Waals surface area contributed by atoms with Gasteiger partial charge in [0.25, 0.3) is 5.91 Å². The molecule has 4 N–H and O–H groups in total. The molecule has 2 amide bonds. The van der Waals surface area contributed by atoms with E-state index in [9.17, 15) is 9.59 Å². The summed E-state index contributed by atoms with van der Waals surface area (Å²) in [5.74, 6) is 1.08. The SMILES string of the molecule is COC1=C/C(=C(/C=C(\N)C2(N(C(=O)[C@H]3CNCCO3)C3CC3)CC2)CCCNC=O)C(C)C=C1. The van der Waals surface area contributed by atoms with Crippen LogP contribution in [0, 0.1) is 5.92 Å². The van der Waals surface area contributed by atoms with Gasteiger partial charge in [0.1, 0.15) is 11.9 Å². The first-order valence-electron chi connectivity index (χ1n) is 12.5. The lowest BCUT2D eigenvalue weighted by atomic mass is 9.88. The van der Waals surface area contributed by atoms with Crippen molar-refractivity contribution in [3.63, 3.8) is 0 Å². The Hall–Kier alpha value is -2.58. The number of nitrogens with one attached hydrogen (secondary N) is 2. The Labute approximate surface area is 202 Å². The van der Waals surface area contributed by atoms with Gasteiger partial charge >= 0.3 is 0 Å². The number of rotatable bonds is 11. The third-order valence-electron chi connectivity index (χ3n) is 7.20. The Bertz CT molecular complexity index is 892. The van der Waals surface area contributed by atoms with Gasteiger partial charge in [0.2, 0.25) is 6.41 Å². The van der Waals surface area contributed by atoms with Crippen LogP contribution in [0.3, 0.4) is 0 Å². The summed E-state index contributed by atoms with van der Waals surface area (Å²) in [6.45, 7) is 4.64. The van der Waals surface area contributed by atoms with E-state index in [1.54, 1.807) is 7.11 Å². The molecular formula is C26H38N4O4. The molecule has 3 fully saturated rings. The first-order chi connectivity index (χ1) is 16.5. The van der Waals surface area contributed by atoms with Gasteiger partial charge in [-0.25, -0.2) is 0 Å². The quantitative estimate of drug-likeness (QED) is 0.315. The molecule has 3 aliphatic carbocycles. The van der Waals surface area contributed by atoms with Crippen LogP contribution < -0.4 is 16.4 Å². The van der Waals surface area contributed by atoms with Crippen LogP contribution in [-0.2, 0) is 19.1 Å². The summed E-state index contributed by atoms with van der Waals surface area (Å²) in [5, 5.41) is 6.02. The molecule has 34 heavy (non-hydrogen) atoms. The first kappa shape index (κ1) is 24.5. The number of hydrogen-bond donors (Lipinski definition) is 3. The topological polar surface area (TPSA) is 106 Å². The van der Waals surface area contributed by atoms with E-state index < -0.39 is 11.6 Å². The van der Waals surface area contributed by atoms with Crippen molar-refractivity contribution in [2.24, 2.45) is 11.7 Å². The van der Waals surface area contributed by atoms with Gasteiger partial charge in [0, 0.05) is 31.4 Å². The highest BCUT2D eigenvalue weighted by atomic mass is 16.5. The molecule has 0 aromatic rings. The third-order valence-corrected chi connectivity index (χ3v) is 7.20.